The van der Waals surface area contributed by atoms with E-state index in [4.69, 9.17) is 11.5 Å². The van der Waals surface area contributed by atoms with Crippen molar-refractivity contribution in [3.8, 4) is 11.1 Å². The van der Waals surface area contributed by atoms with E-state index in [1.165, 1.54) is 11.3 Å². The van der Waals surface area contributed by atoms with Gasteiger partial charge in [0.15, 0.2) is 0 Å². The smallest absolute Gasteiger partial charge is 0.258 e. The number of nitrogens with two attached hydrogens (primary N) is 2. The summed E-state index contributed by atoms with van der Waals surface area (Å²) in [5, 5.41) is 4.66. The second kappa shape index (κ2) is 6.68. The molecule has 1 aromatic carbocycles. The lowest BCUT2D eigenvalue weighted by molar-refractivity contribution is -0.123. The van der Waals surface area contributed by atoms with Gasteiger partial charge >= 0.3 is 0 Å². The summed E-state index contributed by atoms with van der Waals surface area (Å²) in [5.74, 6) is -1.25. The number of hydrogen-bond donors (Lipinski definition) is 3. The van der Waals surface area contributed by atoms with Gasteiger partial charge in [-0.25, -0.2) is 0 Å². The van der Waals surface area contributed by atoms with E-state index in [0.29, 0.717) is 23.3 Å². The lowest BCUT2D eigenvalue weighted by Crippen LogP contribution is -2.55. The van der Waals surface area contributed by atoms with Crippen LogP contribution in [0.4, 0.5) is 0 Å². The summed E-state index contributed by atoms with van der Waals surface area (Å²) in [4.78, 5) is 35.9. The SMILES string of the molecule is NC(=O)c1cc(-c2ccc(C(=O)NC3(C(N)=O)CCCC3)cc2)cs1. The van der Waals surface area contributed by atoms with E-state index in [-0.39, 0.29) is 5.91 Å². The van der Waals surface area contributed by atoms with E-state index in [2.05, 4.69) is 5.32 Å². The normalized spacial score (nSPS) is 15.7. The highest BCUT2D eigenvalue weighted by Gasteiger charge is 2.40. The van der Waals surface area contributed by atoms with Crippen LogP contribution in [0.5, 0.6) is 0 Å². The minimum atomic E-state index is -0.931. The van der Waals surface area contributed by atoms with E-state index in [0.717, 1.165) is 24.0 Å². The van der Waals surface area contributed by atoms with E-state index < -0.39 is 17.4 Å². The maximum Gasteiger partial charge on any atom is 0.258 e. The molecule has 0 atom stereocenters. The van der Waals surface area contributed by atoms with Gasteiger partial charge in [0.1, 0.15) is 5.54 Å². The second-order valence-electron chi connectivity index (χ2n) is 6.25. The highest BCUT2D eigenvalue weighted by Crippen LogP contribution is 2.30. The first-order chi connectivity index (χ1) is 11.9. The van der Waals surface area contributed by atoms with E-state index in [1.807, 2.05) is 5.38 Å². The van der Waals surface area contributed by atoms with Crippen molar-refractivity contribution in [1.82, 2.24) is 5.32 Å². The Bertz CT molecular complexity index is 820. The largest absolute Gasteiger partial charge is 0.368 e. The Kier molecular flexibility index (Phi) is 4.59. The van der Waals surface area contributed by atoms with Crippen molar-refractivity contribution < 1.29 is 14.4 Å². The zero-order chi connectivity index (χ0) is 18.0. The van der Waals surface area contributed by atoms with Crippen LogP contribution in [0, 0.1) is 0 Å². The fourth-order valence-corrected chi connectivity index (χ4v) is 3.90. The first-order valence-electron chi connectivity index (χ1n) is 8.02. The molecule has 1 aliphatic carbocycles. The van der Waals surface area contributed by atoms with Crippen molar-refractivity contribution in [3.05, 3.63) is 46.2 Å². The van der Waals surface area contributed by atoms with Gasteiger partial charge in [0.05, 0.1) is 4.88 Å². The number of amides is 3. The molecule has 0 spiro atoms. The van der Waals surface area contributed by atoms with Crippen LogP contribution in [0.2, 0.25) is 0 Å². The third-order valence-electron chi connectivity index (χ3n) is 4.60. The van der Waals surface area contributed by atoms with Gasteiger partial charge in [-0.3, -0.25) is 14.4 Å². The first kappa shape index (κ1) is 17.2. The second-order valence-corrected chi connectivity index (χ2v) is 7.16. The Hall–Kier alpha value is -2.67. The van der Waals surface area contributed by atoms with Crippen molar-refractivity contribution in [2.24, 2.45) is 11.5 Å². The number of carbonyl (C=O) groups is 3. The number of benzene rings is 1. The summed E-state index contributed by atoms with van der Waals surface area (Å²) in [7, 11) is 0. The third-order valence-corrected chi connectivity index (χ3v) is 5.55. The molecule has 1 aliphatic rings. The van der Waals surface area contributed by atoms with Crippen LogP contribution >= 0.6 is 11.3 Å². The summed E-state index contributed by atoms with van der Waals surface area (Å²) in [6.45, 7) is 0. The molecule has 0 radical (unpaired) electrons. The molecule has 25 heavy (non-hydrogen) atoms. The Morgan fingerprint density at radius 1 is 1.00 bits per heavy atom. The quantitative estimate of drug-likeness (QED) is 0.760. The van der Waals surface area contributed by atoms with Crippen molar-refractivity contribution in [2.75, 3.05) is 0 Å². The molecule has 3 amide bonds. The Morgan fingerprint density at radius 2 is 1.64 bits per heavy atom. The number of primary amides is 2. The minimum Gasteiger partial charge on any atom is -0.368 e. The monoisotopic (exact) mass is 357 g/mol. The molecule has 6 nitrogen and oxygen atoms in total. The maximum atomic E-state index is 12.5. The summed E-state index contributed by atoms with van der Waals surface area (Å²) < 4.78 is 0. The molecule has 0 aliphatic heterocycles. The lowest BCUT2D eigenvalue weighted by atomic mass is 9.96. The van der Waals surface area contributed by atoms with Crippen molar-refractivity contribution in [2.45, 2.75) is 31.2 Å². The molecule has 1 saturated carbocycles. The van der Waals surface area contributed by atoms with Crippen molar-refractivity contribution in [3.63, 3.8) is 0 Å². The molecule has 7 heteroatoms. The first-order valence-corrected chi connectivity index (χ1v) is 8.90. The Balaban J connectivity index is 1.76. The van der Waals surface area contributed by atoms with Crippen molar-refractivity contribution >= 4 is 29.1 Å². The van der Waals surface area contributed by atoms with Gasteiger partial charge in [0, 0.05) is 5.56 Å². The number of thiophene rings is 1. The third kappa shape index (κ3) is 3.41. The van der Waals surface area contributed by atoms with Gasteiger partial charge in [-0.05, 0) is 47.5 Å². The molecule has 1 aromatic heterocycles. The van der Waals surface area contributed by atoms with Gasteiger partial charge in [-0.2, -0.15) is 0 Å². The molecular weight excluding hydrogens is 338 g/mol. The summed E-state index contributed by atoms with van der Waals surface area (Å²) >= 11 is 1.28. The predicted molar refractivity (Wildman–Crippen MR) is 96.1 cm³/mol. The van der Waals surface area contributed by atoms with Gasteiger partial charge in [-0.1, -0.05) is 25.0 Å². The molecule has 0 bridgehead atoms. The maximum absolute atomic E-state index is 12.5. The summed E-state index contributed by atoms with van der Waals surface area (Å²) in [6, 6.07) is 8.70. The average molecular weight is 357 g/mol. The van der Waals surface area contributed by atoms with Gasteiger partial charge in [-0.15, -0.1) is 11.3 Å². The van der Waals surface area contributed by atoms with E-state index in [1.54, 1.807) is 30.3 Å². The van der Waals surface area contributed by atoms with E-state index in [9.17, 15) is 14.4 Å². The molecule has 3 rings (SSSR count). The van der Waals surface area contributed by atoms with Gasteiger partial charge < -0.3 is 16.8 Å². The zero-order valence-electron chi connectivity index (χ0n) is 13.6. The number of nitrogens with one attached hydrogen (secondary N) is 1. The van der Waals surface area contributed by atoms with Crippen LogP contribution in [0.25, 0.3) is 11.1 Å². The highest BCUT2D eigenvalue weighted by atomic mass is 32.1. The minimum absolute atomic E-state index is 0.310. The molecule has 1 heterocycles. The summed E-state index contributed by atoms with van der Waals surface area (Å²) in [5.41, 5.74) is 12.0. The lowest BCUT2D eigenvalue weighted by Gasteiger charge is -2.26. The fraction of sp³-hybridized carbons (Fsp3) is 0.278. The average Bonchev–Trinajstić information content (AvgIpc) is 3.25. The Labute approximate surface area is 149 Å². The van der Waals surface area contributed by atoms with Gasteiger partial charge in [0.25, 0.3) is 11.8 Å². The molecule has 2 aromatic rings. The molecule has 130 valence electrons. The van der Waals surface area contributed by atoms with Crippen LogP contribution in [0.15, 0.2) is 35.7 Å². The fourth-order valence-electron chi connectivity index (χ4n) is 3.13. The van der Waals surface area contributed by atoms with Crippen LogP contribution < -0.4 is 16.8 Å². The predicted octanol–water partition coefficient (Wildman–Crippen LogP) is 2.04. The number of rotatable bonds is 5. The van der Waals surface area contributed by atoms with E-state index >= 15 is 0 Å². The van der Waals surface area contributed by atoms with Crippen LogP contribution in [0.3, 0.4) is 0 Å². The Morgan fingerprint density at radius 3 is 2.16 bits per heavy atom. The molecule has 5 N–H and O–H groups in total. The number of hydrogen-bond acceptors (Lipinski definition) is 4. The van der Waals surface area contributed by atoms with Crippen LogP contribution in [-0.4, -0.2) is 23.3 Å². The highest BCUT2D eigenvalue weighted by molar-refractivity contribution is 7.12. The molecule has 1 fully saturated rings. The molecular formula is C18H19N3O3S. The zero-order valence-corrected chi connectivity index (χ0v) is 14.4. The van der Waals surface area contributed by atoms with Crippen molar-refractivity contribution in [1.29, 1.82) is 0 Å². The number of carbonyl (C=O) groups excluding carboxylic acids is 3. The van der Waals surface area contributed by atoms with Crippen LogP contribution in [-0.2, 0) is 4.79 Å². The van der Waals surface area contributed by atoms with Crippen LogP contribution in [0.1, 0.15) is 45.7 Å². The molecule has 0 saturated heterocycles. The summed E-state index contributed by atoms with van der Waals surface area (Å²) in [6.07, 6.45) is 2.92. The molecule has 0 unspecified atom stereocenters. The van der Waals surface area contributed by atoms with Gasteiger partial charge in [0.2, 0.25) is 5.91 Å². The standard InChI is InChI=1S/C18H19N3O3S/c19-15(22)14-9-13(10-25-14)11-3-5-12(6-4-11)16(23)21-18(17(20)24)7-1-2-8-18/h3-6,9-10H,1-2,7-8H2,(H2,19,22)(H2,20,24)(H,21,23). The topological polar surface area (TPSA) is 115 Å².